The number of primary amides is 1. The maximum absolute atomic E-state index is 11.7. The number of benzene rings is 1. The third-order valence-electron chi connectivity index (χ3n) is 3.13. The summed E-state index contributed by atoms with van der Waals surface area (Å²) < 4.78 is 5.45. The second-order valence-electron chi connectivity index (χ2n) is 4.76. The molecule has 0 aliphatic carbocycles. The number of rotatable bonds is 6. The lowest BCUT2D eigenvalue weighted by atomic mass is 10.2. The summed E-state index contributed by atoms with van der Waals surface area (Å²) in [4.78, 5) is 22.6. The summed E-state index contributed by atoms with van der Waals surface area (Å²) in [5, 5.41) is 5.80. The molecule has 1 saturated heterocycles. The molecular formula is C14H20ClN3O3. The quantitative estimate of drug-likeness (QED) is 0.728. The van der Waals surface area contributed by atoms with Crippen LogP contribution in [0.2, 0.25) is 0 Å². The Balaban J connectivity index is 0.00000220. The molecule has 1 fully saturated rings. The number of carbonyl (C=O) groups is 2. The highest BCUT2D eigenvalue weighted by atomic mass is 35.5. The van der Waals surface area contributed by atoms with Crippen LogP contribution in [0.25, 0.3) is 0 Å². The predicted octanol–water partition coefficient (Wildman–Crippen LogP) is 0.914. The fourth-order valence-corrected chi connectivity index (χ4v) is 2.08. The summed E-state index contributed by atoms with van der Waals surface area (Å²) in [6, 6.07) is 6.46. The fourth-order valence-electron chi connectivity index (χ4n) is 2.08. The largest absolute Gasteiger partial charge is 0.377 e. The lowest BCUT2D eigenvalue weighted by Crippen LogP contribution is -2.33. The number of nitrogens with two attached hydrogens (primary N) is 1. The van der Waals surface area contributed by atoms with Gasteiger partial charge >= 0.3 is 0 Å². The van der Waals surface area contributed by atoms with E-state index in [0.29, 0.717) is 17.8 Å². The minimum atomic E-state index is -0.485. The van der Waals surface area contributed by atoms with Crippen molar-refractivity contribution in [2.45, 2.75) is 18.9 Å². The van der Waals surface area contributed by atoms with Gasteiger partial charge in [0.05, 0.1) is 12.6 Å². The maximum Gasteiger partial charge on any atom is 0.248 e. The van der Waals surface area contributed by atoms with Crippen LogP contribution in [0.1, 0.15) is 23.2 Å². The van der Waals surface area contributed by atoms with Gasteiger partial charge in [-0.25, -0.2) is 0 Å². The average molecular weight is 314 g/mol. The molecule has 4 N–H and O–H groups in total. The van der Waals surface area contributed by atoms with E-state index in [0.717, 1.165) is 19.4 Å². The second-order valence-corrected chi connectivity index (χ2v) is 4.76. The summed E-state index contributed by atoms with van der Waals surface area (Å²) in [6.07, 6.45) is 2.35. The lowest BCUT2D eigenvalue weighted by molar-refractivity contribution is -0.115. The van der Waals surface area contributed by atoms with Crippen molar-refractivity contribution in [3.63, 3.8) is 0 Å². The molecule has 0 saturated carbocycles. The van der Waals surface area contributed by atoms with Gasteiger partial charge in [-0.05, 0) is 37.1 Å². The monoisotopic (exact) mass is 313 g/mol. The zero-order valence-electron chi connectivity index (χ0n) is 11.6. The zero-order valence-corrected chi connectivity index (χ0v) is 12.4. The molecule has 6 nitrogen and oxygen atoms in total. The zero-order chi connectivity index (χ0) is 14.4. The number of nitrogens with one attached hydrogen (secondary N) is 2. The second kappa shape index (κ2) is 8.61. The van der Waals surface area contributed by atoms with E-state index in [1.165, 1.54) is 0 Å². The molecule has 2 rings (SSSR count). The smallest absolute Gasteiger partial charge is 0.248 e. The Labute approximate surface area is 129 Å². The molecule has 1 heterocycles. The molecule has 0 aromatic heterocycles. The van der Waals surface area contributed by atoms with E-state index < -0.39 is 5.91 Å². The molecule has 2 amide bonds. The highest BCUT2D eigenvalue weighted by Crippen LogP contribution is 2.11. The topological polar surface area (TPSA) is 93.5 Å². The number of carbonyl (C=O) groups excluding carboxylic acids is 2. The lowest BCUT2D eigenvalue weighted by Gasteiger charge is -2.11. The van der Waals surface area contributed by atoms with Crippen molar-refractivity contribution in [2.75, 3.05) is 25.0 Å². The molecule has 0 radical (unpaired) electrons. The van der Waals surface area contributed by atoms with Crippen LogP contribution in [0.5, 0.6) is 0 Å². The van der Waals surface area contributed by atoms with Gasteiger partial charge in [0, 0.05) is 24.4 Å². The standard InChI is InChI=1S/C14H19N3O3.ClH/c15-14(19)10-3-5-11(6-4-10)17-13(18)9-16-8-12-2-1-7-20-12;/h3-6,12,16H,1-2,7-9H2,(H2,15,19)(H,17,18);1H. The number of hydrogen-bond acceptors (Lipinski definition) is 4. The van der Waals surface area contributed by atoms with E-state index in [2.05, 4.69) is 10.6 Å². The van der Waals surface area contributed by atoms with Gasteiger partial charge in [0.25, 0.3) is 0 Å². The Hall–Kier alpha value is -1.63. The Morgan fingerprint density at radius 1 is 1.29 bits per heavy atom. The van der Waals surface area contributed by atoms with E-state index in [1.54, 1.807) is 24.3 Å². The van der Waals surface area contributed by atoms with Crippen LogP contribution in [0.4, 0.5) is 5.69 Å². The molecule has 1 unspecified atom stereocenters. The van der Waals surface area contributed by atoms with Crippen LogP contribution in [0.3, 0.4) is 0 Å². The van der Waals surface area contributed by atoms with Crippen molar-refractivity contribution in [3.8, 4) is 0 Å². The van der Waals surface area contributed by atoms with Crippen molar-refractivity contribution in [1.82, 2.24) is 5.32 Å². The normalized spacial score (nSPS) is 17.0. The van der Waals surface area contributed by atoms with Gasteiger partial charge in [0.15, 0.2) is 0 Å². The Kier molecular flexibility index (Phi) is 7.14. The molecule has 0 spiro atoms. The number of halogens is 1. The van der Waals surface area contributed by atoms with Gasteiger partial charge in [0.1, 0.15) is 0 Å². The molecule has 21 heavy (non-hydrogen) atoms. The van der Waals surface area contributed by atoms with Crippen LogP contribution in [0.15, 0.2) is 24.3 Å². The fraction of sp³-hybridized carbons (Fsp3) is 0.429. The van der Waals surface area contributed by atoms with Crippen LogP contribution in [0, 0.1) is 0 Å². The van der Waals surface area contributed by atoms with E-state index >= 15 is 0 Å². The van der Waals surface area contributed by atoms with E-state index in [4.69, 9.17) is 10.5 Å². The van der Waals surface area contributed by atoms with E-state index in [1.807, 2.05) is 0 Å². The molecule has 1 aromatic rings. The molecular weight excluding hydrogens is 294 g/mol. The summed E-state index contributed by atoms with van der Waals surface area (Å²) >= 11 is 0. The number of ether oxygens (including phenoxy) is 1. The van der Waals surface area contributed by atoms with Gasteiger partial charge in [-0.15, -0.1) is 12.4 Å². The third-order valence-corrected chi connectivity index (χ3v) is 3.13. The van der Waals surface area contributed by atoms with Gasteiger partial charge in [-0.2, -0.15) is 0 Å². The van der Waals surface area contributed by atoms with Gasteiger partial charge < -0.3 is 21.1 Å². The first-order valence-corrected chi connectivity index (χ1v) is 6.67. The first kappa shape index (κ1) is 17.4. The van der Waals surface area contributed by atoms with Crippen LogP contribution < -0.4 is 16.4 Å². The Bertz CT molecular complexity index is 473. The van der Waals surface area contributed by atoms with Crippen molar-refractivity contribution in [3.05, 3.63) is 29.8 Å². The maximum atomic E-state index is 11.7. The third kappa shape index (κ3) is 5.71. The van der Waals surface area contributed by atoms with Gasteiger partial charge in [0.2, 0.25) is 11.8 Å². The predicted molar refractivity (Wildman–Crippen MR) is 82.7 cm³/mol. The molecule has 0 bridgehead atoms. The summed E-state index contributed by atoms with van der Waals surface area (Å²) in [7, 11) is 0. The summed E-state index contributed by atoms with van der Waals surface area (Å²) in [5.41, 5.74) is 6.20. The van der Waals surface area contributed by atoms with Crippen LogP contribution >= 0.6 is 12.4 Å². The van der Waals surface area contributed by atoms with E-state index in [-0.39, 0.29) is 31.0 Å². The van der Waals surface area contributed by atoms with Crippen molar-refractivity contribution < 1.29 is 14.3 Å². The number of hydrogen-bond donors (Lipinski definition) is 3. The van der Waals surface area contributed by atoms with Crippen molar-refractivity contribution >= 4 is 29.9 Å². The Morgan fingerprint density at radius 3 is 2.57 bits per heavy atom. The van der Waals surface area contributed by atoms with Crippen molar-refractivity contribution in [2.24, 2.45) is 5.73 Å². The average Bonchev–Trinajstić information content (AvgIpc) is 2.92. The van der Waals surface area contributed by atoms with Gasteiger partial charge in [-0.3, -0.25) is 9.59 Å². The first-order chi connectivity index (χ1) is 9.65. The Morgan fingerprint density at radius 2 is 2.00 bits per heavy atom. The van der Waals surface area contributed by atoms with Crippen molar-refractivity contribution in [1.29, 1.82) is 0 Å². The number of anilines is 1. The SMILES string of the molecule is Cl.NC(=O)c1ccc(NC(=O)CNCC2CCCO2)cc1. The molecule has 1 aliphatic heterocycles. The minimum absolute atomic E-state index is 0. The highest BCUT2D eigenvalue weighted by molar-refractivity contribution is 5.95. The molecule has 1 aromatic carbocycles. The molecule has 7 heteroatoms. The molecule has 116 valence electrons. The molecule has 1 aliphatic rings. The van der Waals surface area contributed by atoms with Gasteiger partial charge in [-0.1, -0.05) is 0 Å². The van der Waals surface area contributed by atoms with Crippen LogP contribution in [-0.2, 0) is 9.53 Å². The highest BCUT2D eigenvalue weighted by Gasteiger charge is 2.15. The first-order valence-electron chi connectivity index (χ1n) is 6.67. The molecule has 1 atom stereocenters. The summed E-state index contributed by atoms with van der Waals surface area (Å²) in [5.74, 6) is -0.615. The minimum Gasteiger partial charge on any atom is -0.377 e. The van der Waals surface area contributed by atoms with Crippen LogP contribution in [-0.4, -0.2) is 37.6 Å². The summed E-state index contributed by atoms with van der Waals surface area (Å²) in [6.45, 7) is 1.73. The number of amides is 2. The van der Waals surface area contributed by atoms with E-state index in [9.17, 15) is 9.59 Å².